The summed E-state index contributed by atoms with van der Waals surface area (Å²) in [6.45, 7) is 9.61. The molecule has 0 radical (unpaired) electrons. The van der Waals surface area contributed by atoms with Gasteiger partial charge in [-0.25, -0.2) is 0 Å². The van der Waals surface area contributed by atoms with Gasteiger partial charge >= 0.3 is 0 Å². The van der Waals surface area contributed by atoms with Crippen molar-refractivity contribution in [1.82, 2.24) is 5.32 Å². The maximum Gasteiger partial charge on any atom is 0.225 e. The van der Waals surface area contributed by atoms with Gasteiger partial charge in [0.25, 0.3) is 0 Å². The van der Waals surface area contributed by atoms with Crippen molar-refractivity contribution in [3.63, 3.8) is 0 Å². The lowest BCUT2D eigenvalue weighted by atomic mass is 9.89. The zero-order valence-electron chi connectivity index (χ0n) is 12.7. The summed E-state index contributed by atoms with van der Waals surface area (Å²) in [6, 6.07) is 6.20. The van der Waals surface area contributed by atoms with E-state index in [0.29, 0.717) is 6.42 Å². The fourth-order valence-corrected chi connectivity index (χ4v) is 2.70. The summed E-state index contributed by atoms with van der Waals surface area (Å²) in [5.74, 6) is -0.0557. The lowest BCUT2D eigenvalue weighted by Crippen LogP contribution is -2.49. The summed E-state index contributed by atoms with van der Waals surface area (Å²) >= 11 is 3.45. The number of amides is 1. The van der Waals surface area contributed by atoms with E-state index in [0.717, 1.165) is 21.2 Å². The van der Waals surface area contributed by atoms with Gasteiger partial charge in [-0.3, -0.25) is 4.79 Å². The first-order valence-corrected chi connectivity index (χ1v) is 7.46. The number of nitriles is 1. The molecule has 1 amide bonds. The number of nitrogens with zero attached hydrogens (tertiary/aromatic N) is 1. The number of nitrogens with one attached hydrogen (secondary N) is 1. The van der Waals surface area contributed by atoms with E-state index in [9.17, 15) is 10.1 Å². The standard InChI is InChI=1S/C16H21BrN2O/c1-10(2)16(5,9-18)19-15(20)8-14-11(3)6-13(17)7-12(14)4/h6-7,10H,8H2,1-5H3,(H,19,20). The fourth-order valence-electron chi connectivity index (χ4n) is 2.02. The third-order valence-electron chi connectivity index (χ3n) is 3.78. The van der Waals surface area contributed by atoms with Crippen molar-refractivity contribution in [2.24, 2.45) is 5.92 Å². The van der Waals surface area contributed by atoms with Gasteiger partial charge in [0.1, 0.15) is 5.54 Å². The molecule has 0 saturated heterocycles. The SMILES string of the molecule is Cc1cc(Br)cc(C)c1CC(=O)NC(C)(C#N)C(C)C. The Balaban J connectivity index is 2.91. The van der Waals surface area contributed by atoms with Crippen molar-refractivity contribution in [2.75, 3.05) is 0 Å². The van der Waals surface area contributed by atoms with Crippen molar-refractivity contribution < 1.29 is 4.79 Å². The van der Waals surface area contributed by atoms with Gasteiger partial charge in [0.15, 0.2) is 0 Å². The molecule has 108 valence electrons. The lowest BCUT2D eigenvalue weighted by Gasteiger charge is -2.27. The van der Waals surface area contributed by atoms with Crippen molar-refractivity contribution in [2.45, 2.75) is 46.6 Å². The summed E-state index contributed by atoms with van der Waals surface area (Å²) in [4.78, 5) is 12.2. The molecular weight excluding hydrogens is 316 g/mol. The maximum atomic E-state index is 12.2. The quantitative estimate of drug-likeness (QED) is 0.911. The number of benzene rings is 1. The van der Waals surface area contributed by atoms with Crippen LogP contribution in [0.15, 0.2) is 16.6 Å². The van der Waals surface area contributed by atoms with E-state index in [4.69, 9.17) is 0 Å². The minimum absolute atomic E-state index is 0.0589. The van der Waals surface area contributed by atoms with Crippen LogP contribution in [0.25, 0.3) is 0 Å². The molecule has 0 aliphatic carbocycles. The highest BCUT2D eigenvalue weighted by Crippen LogP contribution is 2.22. The van der Waals surface area contributed by atoms with Gasteiger partial charge in [-0.1, -0.05) is 29.8 Å². The third-order valence-corrected chi connectivity index (χ3v) is 4.24. The van der Waals surface area contributed by atoms with Crippen LogP contribution in [-0.2, 0) is 11.2 Å². The molecule has 0 saturated carbocycles. The summed E-state index contributed by atoms with van der Waals surface area (Å²) in [5.41, 5.74) is 2.36. The molecule has 0 aliphatic rings. The van der Waals surface area contributed by atoms with Crippen LogP contribution in [0.1, 0.15) is 37.5 Å². The largest absolute Gasteiger partial charge is 0.338 e. The summed E-state index contributed by atoms with van der Waals surface area (Å²) in [6.07, 6.45) is 0.301. The van der Waals surface area contributed by atoms with Gasteiger partial charge < -0.3 is 5.32 Å². The van der Waals surface area contributed by atoms with Crippen LogP contribution in [0, 0.1) is 31.1 Å². The summed E-state index contributed by atoms with van der Waals surface area (Å²) in [7, 11) is 0. The van der Waals surface area contributed by atoms with Crippen LogP contribution in [0.4, 0.5) is 0 Å². The lowest BCUT2D eigenvalue weighted by molar-refractivity contribution is -0.122. The minimum atomic E-state index is -0.825. The molecule has 0 aromatic heterocycles. The second kappa shape index (κ2) is 6.41. The zero-order valence-corrected chi connectivity index (χ0v) is 14.3. The first-order chi connectivity index (χ1) is 9.19. The topological polar surface area (TPSA) is 52.9 Å². The van der Waals surface area contributed by atoms with Crippen LogP contribution in [0.3, 0.4) is 0 Å². The third kappa shape index (κ3) is 3.83. The van der Waals surface area contributed by atoms with Gasteiger partial charge in [0, 0.05) is 4.47 Å². The van der Waals surface area contributed by atoms with Gasteiger partial charge in [0.05, 0.1) is 12.5 Å². The van der Waals surface area contributed by atoms with Crippen LogP contribution in [-0.4, -0.2) is 11.4 Å². The first kappa shape index (κ1) is 16.7. The Hall–Kier alpha value is -1.34. The van der Waals surface area contributed by atoms with E-state index in [1.54, 1.807) is 6.92 Å². The molecule has 4 heteroatoms. The number of carbonyl (C=O) groups excluding carboxylic acids is 1. The number of hydrogen-bond donors (Lipinski definition) is 1. The Morgan fingerprint density at radius 3 is 2.30 bits per heavy atom. The molecule has 0 spiro atoms. The average molecular weight is 337 g/mol. The van der Waals surface area contributed by atoms with Crippen molar-refractivity contribution in [3.8, 4) is 6.07 Å². The Kier molecular flexibility index (Phi) is 5.35. The van der Waals surface area contributed by atoms with Crippen molar-refractivity contribution in [1.29, 1.82) is 5.26 Å². The molecule has 3 nitrogen and oxygen atoms in total. The molecule has 1 N–H and O–H groups in total. The Morgan fingerprint density at radius 2 is 1.90 bits per heavy atom. The molecule has 0 aliphatic heterocycles. The van der Waals surface area contributed by atoms with E-state index in [1.807, 2.05) is 39.8 Å². The highest BCUT2D eigenvalue weighted by Gasteiger charge is 2.30. The zero-order chi connectivity index (χ0) is 15.5. The van der Waals surface area contributed by atoms with Crippen LogP contribution >= 0.6 is 15.9 Å². The Labute approximate surface area is 129 Å². The number of aryl methyl sites for hydroxylation is 2. The number of hydrogen-bond acceptors (Lipinski definition) is 2. The monoisotopic (exact) mass is 336 g/mol. The van der Waals surface area contributed by atoms with Crippen molar-refractivity contribution in [3.05, 3.63) is 33.3 Å². The Bertz CT molecular complexity index is 537. The normalized spacial score (nSPS) is 13.7. The Morgan fingerprint density at radius 1 is 1.40 bits per heavy atom. The highest BCUT2D eigenvalue weighted by atomic mass is 79.9. The first-order valence-electron chi connectivity index (χ1n) is 6.67. The van der Waals surface area contributed by atoms with Gasteiger partial charge in [-0.05, 0) is 55.5 Å². The minimum Gasteiger partial charge on any atom is -0.338 e. The highest BCUT2D eigenvalue weighted by molar-refractivity contribution is 9.10. The smallest absolute Gasteiger partial charge is 0.225 e. The summed E-state index contributed by atoms with van der Waals surface area (Å²) < 4.78 is 1.01. The molecule has 1 atom stereocenters. The summed E-state index contributed by atoms with van der Waals surface area (Å²) in [5, 5.41) is 12.1. The van der Waals surface area contributed by atoms with Crippen LogP contribution < -0.4 is 5.32 Å². The molecule has 1 unspecified atom stereocenters. The number of rotatable bonds is 4. The van der Waals surface area contributed by atoms with Gasteiger partial charge in [-0.2, -0.15) is 5.26 Å². The molecule has 20 heavy (non-hydrogen) atoms. The van der Waals surface area contributed by atoms with Crippen LogP contribution in [0.2, 0.25) is 0 Å². The van der Waals surface area contributed by atoms with E-state index in [-0.39, 0.29) is 11.8 Å². The van der Waals surface area contributed by atoms with Gasteiger partial charge in [-0.15, -0.1) is 0 Å². The van der Waals surface area contributed by atoms with E-state index < -0.39 is 5.54 Å². The molecule has 0 bridgehead atoms. The van der Waals surface area contributed by atoms with Gasteiger partial charge in [0.2, 0.25) is 5.91 Å². The second-order valence-corrected chi connectivity index (χ2v) is 6.63. The molecule has 0 heterocycles. The molecule has 0 fully saturated rings. The van der Waals surface area contributed by atoms with Crippen molar-refractivity contribution >= 4 is 21.8 Å². The molecule has 1 aromatic carbocycles. The van der Waals surface area contributed by atoms with E-state index >= 15 is 0 Å². The molecular formula is C16H21BrN2O. The maximum absolute atomic E-state index is 12.2. The number of carbonyl (C=O) groups is 1. The molecule has 1 aromatic rings. The van der Waals surface area contributed by atoms with E-state index in [2.05, 4.69) is 27.3 Å². The fraction of sp³-hybridized carbons (Fsp3) is 0.500. The predicted molar refractivity (Wildman–Crippen MR) is 84.3 cm³/mol. The van der Waals surface area contributed by atoms with E-state index in [1.165, 1.54) is 0 Å². The average Bonchev–Trinajstić information content (AvgIpc) is 2.33. The predicted octanol–water partition coefficient (Wildman–Crippen LogP) is 3.66. The second-order valence-electron chi connectivity index (χ2n) is 5.71. The number of halogens is 1. The van der Waals surface area contributed by atoms with Crippen LogP contribution in [0.5, 0.6) is 0 Å². The molecule has 1 rings (SSSR count).